The molecular weight excluding hydrogens is 328 g/mol. The highest BCUT2D eigenvalue weighted by Gasteiger charge is 2.27. The van der Waals surface area contributed by atoms with Crippen LogP contribution >= 0.6 is 0 Å². The highest BCUT2D eigenvalue weighted by Crippen LogP contribution is 2.33. The second-order valence-corrected chi connectivity index (χ2v) is 7.23. The molecule has 0 saturated heterocycles. The monoisotopic (exact) mass is 360 g/mol. The first-order chi connectivity index (χ1) is 12.6. The molecular formula is C22H32O4. The molecule has 4 nitrogen and oxygen atoms in total. The normalized spacial score (nSPS) is 19.8. The minimum Gasteiger partial charge on any atom is -0.462 e. The first-order valence-electron chi connectivity index (χ1n) is 10.1. The van der Waals surface area contributed by atoms with Crippen molar-refractivity contribution in [2.75, 3.05) is 6.61 Å². The largest absolute Gasteiger partial charge is 0.462 e. The second kappa shape index (κ2) is 11.0. The topological polar surface area (TPSA) is 52.6 Å². The van der Waals surface area contributed by atoms with Crippen molar-refractivity contribution in [2.45, 2.75) is 71.6 Å². The fourth-order valence-corrected chi connectivity index (χ4v) is 3.62. The van der Waals surface area contributed by atoms with Gasteiger partial charge in [-0.25, -0.2) is 4.79 Å². The number of rotatable bonds is 9. The van der Waals surface area contributed by atoms with Crippen LogP contribution in [-0.2, 0) is 9.53 Å². The van der Waals surface area contributed by atoms with Crippen LogP contribution in [-0.4, -0.2) is 18.5 Å². The summed E-state index contributed by atoms with van der Waals surface area (Å²) in [6.07, 6.45) is 10.7. The van der Waals surface area contributed by atoms with Gasteiger partial charge in [0, 0.05) is 0 Å². The number of ether oxygens (including phenoxy) is 2. The summed E-state index contributed by atoms with van der Waals surface area (Å²) >= 11 is 0. The van der Waals surface area contributed by atoms with Gasteiger partial charge in [0.1, 0.15) is 5.75 Å². The Labute approximate surface area is 157 Å². The zero-order valence-corrected chi connectivity index (χ0v) is 16.2. The second-order valence-electron chi connectivity index (χ2n) is 7.23. The molecule has 0 spiro atoms. The molecule has 2 rings (SSSR count). The van der Waals surface area contributed by atoms with Crippen molar-refractivity contribution in [3.63, 3.8) is 0 Å². The van der Waals surface area contributed by atoms with E-state index in [2.05, 4.69) is 6.92 Å². The van der Waals surface area contributed by atoms with Crippen molar-refractivity contribution in [1.82, 2.24) is 0 Å². The molecule has 1 aliphatic rings. The smallest absolute Gasteiger partial charge is 0.338 e. The molecule has 0 heterocycles. The van der Waals surface area contributed by atoms with E-state index in [1.54, 1.807) is 31.2 Å². The van der Waals surface area contributed by atoms with E-state index in [0.29, 0.717) is 17.9 Å². The lowest BCUT2D eigenvalue weighted by molar-refractivity contribution is -0.140. The van der Waals surface area contributed by atoms with Gasteiger partial charge in [-0.05, 0) is 62.8 Å². The van der Waals surface area contributed by atoms with E-state index < -0.39 is 0 Å². The van der Waals surface area contributed by atoms with Gasteiger partial charge in [-0.3, -0.25) is 4.79 Å². The van der Waals surface area contributed by atoms with Crippen LogP contribution in [0.15, 0.2) is 24.3 Å². The number of hydrogen-bond donors (Lipinski definition) is 0. The molecule has 1 aliphatic carbocycles. The van der Waals surface area contributed by atoms with Crippen LogP contribution in [0.3, 0.4) is 0 Å². The van der Waals surface area contributed by atoms with Crippen LogP contribution in [0.2, 0.25) is 0 Å². The predicted octanol–water partition coefficient (Wildman–Crippen LogP) is 5.55. The molecule has 1 saturated carbocycles. The minimum atomic E-state index is -0.359. The maximum absolute atomic E-state index is 12.4. The van der Waals surface area contributed by atoms with E-state index in [0.717, 1.165) is 31.6 Å². The van der Waals surface area contributed by atoms with Crippen LogP contribution in [0.25, 0.3) is 0 Å². The third-order valence-electron chi connectivity index (χ3n) is 5.23. The van der Waals surface area contributed by atoms with Crippen molar-refractivity contribution in [1.29, 1.82) is 0 Å². The molecule has 0 radical (unpaired) electrons. The van der Waals surface area contributed by atoms with Crippen LogP contribution in [0.1, 0.15) is 82.0 Å². The van der Waals surface area contributed by atoms with Crippen molar-refractivity contribution < 1.29 is 19.1 Å². The third-order valence-corrected chi connectivity index (χ3v) is 5.23. The summed E-state index contributed by atoms with van der Waals surface area (Å²) < 4.78 is 10.5. The van der Waals surface area contributed by atoms with Gasteiger partial charge < -0.3 is 9.47 Å². The van der Waals surface area contributed by atoms with E-state index in [9.17, 15) is 9.59 Å². The van der Waals surface area contributed by atoms with E-state index >= 15 is 0 Å². The van der Waals surface area contributed by atoms with E-state index in [1.807, 2.05) is 0 Å². The Bertz CT molecular complexity index is 556. The SMILES string of the molecule is CCCCCCC1CCC(C(=O)Oc2ccc(C(=O)OCC)cc2)CC1. The summed E-state index contributed by atoms with van der Waals surface area (Å²) in [6, 6.07) is 6.58. The zero-order chi connectivity index (χ0) is 18.8. The van der Waals surface area contributed by atoms with Gasteiger partial charge in [0.25, 0.3) is 0 Å². The quantitative estimate of drug-likeness (QED) is 0.329. The average Bonchev–Trinajstić information content (AvgIpc) is 2.66. The Kier molecular flexibility index (Phi) is 8.66. The molecule has 26 heavy (non-hydrogen) atoms. The molecule has 0 atom stereocenters. The fraction of sp³-hybridized carbons (Fsp3) is 0.636. The van der Waals surface area contributed by atoms with Crippen molar-refractivity contribution in [3.8, 4) is 5.75 Å². The van der Waals surface area contributed by atoms with Crippen molar-refractivity contribution in [2.24, 2.45) is 11.8 Å². The highest BCUT2D eigenvalue weighted by molar-refractivity contribution is 5.89. The first-order valence-corrected chi connectivity index (χ1v) is 10.1. The molecule has 144 valence electrons. The summed E-state index contributed by atoms with van der Waals surface area (Å²) in [4.78, 5) is 24.0. The lowest BCUT2D eigenvalue weighted by Crippen LogP contribution is -2.25. The van der Waals surface area contributed by atoms with Gasteiger partial charge in [0.15, 0.2) is 0 Å². The maximum Gasteiger partial charge on any atom is 0.338 e. The van der Waals surface area contributed by atoms with E-state index in [4.69, 9.17) is 9.47 Å². The lowest BCUT2D eigenvalue weighted by Gasteiger charge is -2.27. The summed E-state index contributed by atoms with van der Waals surface area (Å²) in [5, 5.41) is 0. The first kappa shape index (κ1) is 20.5. The number of carbonyl (C=O) groups is 2. The number of carbonyl (C=O) groups excluding carboxylic acids is 2. The van der Waals surface area contributed by atoms with Gasteiger partial charge in [0.2, 0.25) is 0 Å². The van der Waals surface area contributed by atoms with Gasteiger partial charge in [-0.15, -0.1) is 0 Å². The van der Waals surface area contributed by atoms with Crippen LogP contribution in [0.5, 0.6) is 5.75 Å². The molecule has 1 aromatic rings. The van der Waals surface area contributed by atoms with E-state index in [1.165, 1.54) is 32.1 Å². The average molecular weight is 360 g/mol. The van der Waals surface area contributed by atoms with Gasteiger partial charge >= 0.3 is 11.9 Å². The summed E-state index contributed by atoms with van der Waals surface area (Å²) in [5.74, 6) is 0.775. The fourth-order valence-electron chi connectivity index (χ4n) is 3.62. The molecule has 0 N–H and O–H groups in total. The molecule has 0 unspecified atom stereocenters. The number of hydrogen-bond acceptors (Lipinski definition) is 4. The minimum absolute atomic E-state index is 0.00613. The van der Waals surface area contributed by atoms with Gasteiger partial charge in [-0.1, -0.05) is 39.0 Å². The maximum atomic E-state index is 12.4. The van der Waals surface area contributed by atoms with E-state index in [-0.39, 0.29) is 17.9 Å². The zero-order valence-electron chi connectivity index (χ0n) is 16.2. The Morgan fingerprint density at radius 3 is 2.27 bits per heavy atom. The number of benzene rings is 1. The molecule has 0 aromatic heterocycles. The Hall–Kier alpha value is -1.84. The van der Waals surface area contributed by atoms with Crippen LogP contribution in [0.4, 0.5) is 0 Å². The number of unbranched alkanes of at least 4 members (excludes halogenated alkanes) is 3. The Morgan fingerprint density at radius 2 is 1.65 bits per heavy atom. The molecule has 4 heteroatoms. The van der Waals surface area contributed by atoms with Crippen LogP contribution < -0.4 is 4.74 Å². The Balaban J connectivity index is 1.74. The standard InChI is InChI=1S/C22H32O4/c1-3-5-6-7-8-17-9-11-19(12-10-17)22(24)26-20-15-13-18(14-16-20)21(23)25-4-2/h13-17,19H,3-12H2,1-2H3. The molecule has 0 amide bonds. The van der Waals surface area contributed by atoms with Gasteiger partial charge in [-0.2, -0.15) is 0 Å². The summed E-state index contributed by atoms with van der Waals surface area (Å²) in [5.41, 5.74) is 0.468. The third kappa shape index (κ3) is 6.47. The molecule has 0 bridgehead atoms. The van der Waals surface area contributed by atoms with Gasteiger partial charge in [0.05, 0.1) is 18.1 Å². The van der Waals surface area contributed by atoms with Crippen molar-refractivity contribution in [3.05, 3.63) is 29.8 Å². The Morgan fingerprint density at radius 1 is 0.962 bits per heavy atom. The lowest BCUT2D eigenvalue weighted by atomic mass is 9.80. The molecule has 1 aromatic carbocycles. The highest BCUT2D eigenvalue weighted by atomic mass is 16.5. The van der Waals surface area contributed by atoms with Crippen LogP contribution in [0, 0.1) is 11.8 Å². The molecule has 1 fully saturated rings. The number of esters is 2. The van der Waals surface area contributed by atoms with Crippen molar-refractivity contribution >= 4 is 11.9 Å². The predicted molar refractivity (Wildman–Crippen MR) is 102 cm³/mol. The summed E-state index contributed by atoms with van der Waals surface area (Å²) in [6.45, 7) is 4.35. The summed E-state index contributed by atoms with van der Waals surface area (Å²) in [7, 11) is 0. The molecule has 0 aliphatic heterocycles.